The molecule has 3 aromatic rings. The number of carbonyl (C=O) groups excluding carboxylic acids is 2. The van der Waals surface area contributed by atoms with Crippen molar-refractivity contribution in [2.45, 2.75) is 39.0 Å². The number of pyridine rings is 1. The van der Waals surface area contributed by atoms with Crippen LogP contribution >= 0.6 is 11.6 Å². The van der Waals surface area contributed by atoms with E-state index in [9.17, 15) is 14.4 Å². The number of fused-ring (bicyclic) bond motifs is 3. The summed E-state index contributed by atoms with van der Waals surface area (Å²) in [4.78, 5) is 43.2. The molecule has 9 nitrogen and oxygen atoms in total. The molecule has 1 aromatic carbocycles. The third-order valence-electron chi connectivity index (χ3n) is 6.32. The fourth-order valence-electron chi connectivity index (χ4n) is 4.63. The molecule has 1 saturated heterocycles. The Hall–Kier alpha value is -3.47. The van der Waals surface area contributed by atoms with Crippen molar-refractivity contribution in [1.29, 1.82) is 0 Å². The summed E-state index contributed by atoms with van der Waals surface area (Å²) >= 11 is 5.97. The first-order valence-electron chi connectivity index (χ1n) is 11.2. The molecule has 0 bridgehead atoms. The highest BCUT2D eigenvalue weighted by molar-refractivity contribution is 6.31. The molecule has 2 aliphatic rings. The number of benzene rings is 1. The fraction of sp³-hybridized carbons (Fsp3) is 0.391. The summed E-state index contributed by atoms with van der Waals surface area (Å²) in [6, 6.07) is 3.76. The van der Waals surface area contributed by atoms with Gasteiger partial charge in [0.2, 0.25) is 0 Å². The molecule has 2 aromatic heterocycles. The van der Waals surface area contributed by atoms with Gasteiger partial charge in [0.15, 0.2) is 17.3 Å². The minimum Gasteiger partial charge on any atom is -0.444 e. The summed E-state index contributed by atoms with van der Waals surface area (Å²) in [7, 11) is 0. The van der Waals surface area contributed by atoms with Gasteiger partial charge in [0.1, 0.15) is 17.6 Å². The predicted molar refractivity (Wildman–Crippen MR) is 125 cm³/mol. The molecule has 0 spiro atoms. The molecule has 1 fully saturated rings. The van der Waals surface area contributed by atoms with Gasteiger partial charge < -0.3 is 14.4 Å². The molecule has 4 heterocycles. The number of halogens is 3. The summed E-state index contributed by atoms with van der Waals surface area (Å²) in [5.74, 6) is -1.68. The van der Waals surface area contributed by atoms with Crippen LogP contribution in [-0.2, 0) is 22.6 Å². The molecule has 0 radical (unpaired) electrons. The molecule has 184 valence electrons. The lowest BCUT2D eigenvalue weighted by Crippen LogP contribution is -2.30. The van der Waals surface area contributed by atoms with E-state index in [1.807, 2.05) is 0 Å². The van der Waals surface area contributed by atoms with Crippen molar-refractivity contribution >= 4 is 45.9 Å². The second-order valence-electron chi connectivity index (χ2n) is 8.68. The zero-order valence-electron chi connectivity index (χ0n) is 18.8. The maximum atomic E-state index is 15.2. The molecule has 0 N–H and O–H groups in total. The van der Waals surface area contributed by atoms with Crippen LogP contribution in [0.15, 0.2) is 29.2 Å². The monoisotopic (exact) mass is 505 g/mol. The van der Waals surface area contributed by atoms with E-state index < -0.39 is 23.8 Å². The molecular weight excluding hydrogens is 484 g/mol. The van der Waals surface area contributed by atoms with Crippen molar-refractivity contribution in [1.82, 2.24) is 14.3 Å². The van der Waals surface area contributed by atoms with Gasteiger partial charge >= 0.3 is 6.09 Å². The van der Waals surface area contributed by atoms with Crippen molar-refractivity contribution in [2.75, 3.05) is 29.4 Å². The minimum absolute atomic E-state index is 0.0278. The second kappa shape index (κ2) is 8.95. The lowest BCUT2D eigenvalue weighted by atomic mass is 10.1. The maximum absolute atomic E-state index is 15.2. The first-order valence-corrected chi connectivity index (χ1v) is 11.6. The zero-order chi connectivity index (χ0) is 24.9. The quantitative estimate of drug-likeness (QED) is 0.528. The number of ether oxygens (including phenoxy) is 1. The number of carbonyl (C=O) groups is 2. The van der Waals surface area contributed by atoms with E-state index in [2.05, 4.69) is 4.98 Å². The van der Waals surface area contributed by atoms with Crippen LogP contribution in [0, 0.1) is 11.6 Å². The molecule has 0 unspecified atom stereocenters. The normalized spacial score (nSPS) is 18.1. The van der Waals surface area contributed by atoms with Gasteiger partial charge in [-0.05, 0) is 19.4 Å². The smallest absolute Gasteiger partial charge is 0.414 e. The number of cyclic esters (lactones) is 1. The van der Waals surface area contributed by atoms with E-state index in [1.54, 1.807) is 10.7 Å². The van der Waals surface area contributed by atoms with Crippen molar-refractivity contribution in [3.8, 4) is 0 Å². The Morgan fingerprint density at radius 1 is 1.11 bits per heavy atom. The summed E-state index contributed by atoms with van der Waals surface area (Å²) < 4.78 is 38.8. The summed E-state index contributed by atoms with van der Waals surface area (Å²) in [6.45, 7) is 2.46. The average molecular weight is 506 g/mol. The van der Waals surface area contributed by atoms with Gasteiger partial charge in [-0.3, -0.25) is 14.4 Å². The fourth-order valence-corrected chi connectivity index (χ4v) is 4.79. The van der Waals surface area contributed by atoms with Crippen LogP contribution in [0.25, 0.3) is 11.0 Å². The Labute approximate surface area is 203 Å². The van der Waals surface area contributed by atoms with Crippen LogP contribution in [0.2, 0.25) is 5.02 Å². The van der Waals surface area contributed by atoms with Crippen molar-refractivity contribution in [3.63, 3.8) is 0 Å². The Bertz CT molecular complexity index is 1380. The van der Waals surface area contributed by atoms with Crippen molar-refractivity contribution in [3.05, 3.63) is 51.4 Å². The van der Waals surface area contributed by atoms with Crippen molar-refractivity contribution < 1.29 is 23.1 Å². The lowest BCUT2D eigenvalue weighted by molar-refractivity contribution is -0.117. The van der Waals surface area contributed by atoms with Crippen molar-refractivity contribution in [2.24, 2.45) is 0 Å². The number of aromatic nitrogens is 3. The van der Waals surface area contributed by atoms with E-state index in [0.29, 0.717) is 22.5 Å². The molecule has 2 aliphatic heterocycles. The Morgan fingerprint density at radius 3 is 2.49 bits per heavy atom. The van der Waals surface area contributed by atoms with Gasteiger partial charge in [-0.15, -0.1) is 0 Å². The summed E-state index contributed by atoms with van der Waals surface area (Å²) in [5, 5.41) is 0.751. The van der Waals surface area contributed by atoms with Crippen LogP contribution in [0.3, 0.4) is 0 Å². The highest BCUT2D eigenvalue weighted by Crippen LogP contribution is 2.32. The molecule has 1 atom stereocenters. The van der Waals surface area contributed by atoms with Gasteiger partial charge in [-0.1, -0.05) is 11.6 Å². The van der Waals surface area contributed by atoms with E-state index in [-0.39, 0.29) is 61.9 Å². The number of hydrogen-bond donors (Lipinski definition) is 0. The average Bonchev–Trinajstić information content (AvgIpc) is 3.20. The van der Waals surface area contributed by atoms with Gasteiger partial charge in [0.05, 0.1) is 35.7 Å². The van der Waals surface area contributed by atoms with Gasteiger partial charge in [0, 0.05) is 37.8 Å². The molecule has 12 heteroatoms. The van der Waals surface area contributed by atoms with Gasteiger partial charge in [0.25, 0.3) is 5.56 Å². The third-order valence-corrected chi connectivity index (χ3v) is 6.53. The highest BCUT2D eigenvalue weighted by atomic mass is 35.5. The number of Topliss-reactive ketones (excluding diaryl/α,β-unsaturated/α-hetero) is 1. The standard InChI is InChI=1S/C23H22ClF2N5O4/c1-13(32)2-3-16-12-29(23(34)35-16)15-9-18(25)20(19(26)10-15)28-4-6-30-21-17(8-14(24)11-27-21)22(33)31(30)7-5-28/h8-11,16H,2-7,12H2,1H3/t16-/m0/s1. The number of ketones is 1. The first kappa shape index (κ1) is 23.3. The minimum atomic E-state index is -0.825. The predicted octanol–water partition coefficient (Wildman–Crippen LogP) is 3.34. The largest absolute Gasteiger partial charge is 0.444 e. The number of hydrogen-bond acceptors (Lipinski definition) is 6. The van der Waals surface area contributed by atoms with Crippen LogP contribution in [0.4, 0.5) is 25.0 Å². The van der Waals surface area contributed by atoms with Gasteiger partial charge in [-0.25, -0.2) is 23.2 Å². The molecule has 5 rings (SSSR count). The third kappa shape index (κ3) is 4.24. The summed E-state index contributed by atoms with van der Waals surface area (Å²) in [6.07, 6.45) is 0.828. The second-order valence-corrected chi connectivity index (χ2v) is 9.11. The SMILES string of the molecule is CC(=O)CC[C@H]1CN(c2cc(F)c(N3CCn4c(=O)c5cc(Cl)cnc5n4CC3)c(F)c2)C(=O)O1. The van der Waals surface area contributed by atoms with Gasteiger partial charge in [-0.2, -0.15) is 0 Å². The molecule has 0 aliphatic carbocycles. The number of nitrogens with zero attached hydrogens (tertiary/aromatic N) is 5. The lowest BCUT2D eigenvalue weighted by Gasteiger charge is -2.24. The first-order chi connectivity index (χ1) is 16.7. The molecule has 35 heavy (non-hydrogen) atoms. The highest BCUT2D eigenvalue weighted by Gasteiger charge is 2.34. The van der Waals surface area contributed by atoms with E-state index in [1.165, 1.54) is 22.7 Å². The maximum Gasteiger partial charge on any atom is 0.414 e. The van der Waals surface area contributed by atoms with Crippen LogP contribution in [0.1, 0.15) is 19.8 Å². The topological polar surface area (TPSA) is 89.7 Å². The molecule has 1 amide bonds. The Balaban J connectivity index is 1.37. The Kier molecular flexibility index (Phi) is 5.96. The van der Waals surface area contributed by atoms with Crippen LogP contribution in [0.5, 0.6) is 0 Å². The number of amides is 1. The zero-order valence-corrected chi connectivity index (χ0v) is 19.6. The van der Waals surface area contributed by atoms with Crippen LogP contribution < -0.4 is 15.4 Å². The molecular formula is C23H22ClF2N5O4. The van der Waals surface area contributed by atoms with E-state index in [4.69, 9.17) is 16.3 Å². The van der Waals surface area contributed by atoms with E-state index >= 15 is 8.78 Å². The van der Waals surface area contributed by atoms with E-state index in [0.717, 1.165) is 17.0 Å². The summed E-state index contributed by atoms with van der Waals surface area (Å²) in [5.41, 5.74) is 0.0152. The number of rotatable bonds is 5. The molecule has 0 saturated carbocycles. The van der Waals surface area contributed by atoms with Crippen LogP contribution in [-0.4, -0.2) is 52.0 Å². The number of anilines is 2. The Morgan fingerprint density at radius 2 is 1.80 bits per heavy atom.